The van der Waals surface area contributed by atoms with Crippen molar-refractivity contribution in [1.29, 1.82) is 0 Å². The van der Waals surface area contributed by atoms with E-state index in [1.807, 2.05) is 37.4 Å². The van der Waals surface area contributed by atoms with Crippen molar-refractivity contribution in [3.63, 3.8) is 0 Å². The number of aliphatic carboxylic acids is 2. The Morgan fingerprint density at radius 3 is 2.02 bits per heavy atom. The first-order chi connectivity index (χ1) is 18.8. The minimum atomic E-state index is -1.82. The van der Waals surface area contributed by atoms with Gasteiger partial charge in [0.25, 0.3) is 5.91 Å². The average molecular weight is 589 g/mol. The summed E-state index contributed by atoms with van der Waals surface area (Å²) >= 11 is 12.6. The Kier molecular flexibility index (Phi) is 11.8. The summed E-state index contributed by atoms with van der Waals surface area (Å²) in [5, 5.41) is 18.1. The molecule has 1 atom stereocenters. The van der Waals surface area contributed by atoms with Gasteiger partial charge in [-0.2, -0.15) is 0 Å². The quantitative estimate of drug-likeness (QED) is 0.160. The second-order valence-corrected chi connectivity index (χ2v) is 9.68. The van der Waals surface area contributed by atoms with Crippen molar-refractivity contribution in [3.8, 4) is 0 Å². The van der Waals surface area contributed by atoms with Crippen molar-refractivity contribution < 1.29 is 34.2 Å². The van der Waals surface area contributed by atoms with Crippen LogP contribution in [-0.2, 0) is 25.6 Å². The predicted octanol–water partition coefficient (Wildman–Crippen LogP) is 3.16. The molecule has 0 aliphatic heterocycles. The van der Waals surface area contributed by atoms with Gasteiger partial charge in [0.05, 0.1) is 30.7 Å². The standard InChI is InChI=1S/C26H25Cl2N3O3.C2H2O4/c1-31(17-25(33)30-16-24(29)32,14-13-18-7-3-2-4-8-18)23-12-11-19(27)15-21(23)26(34)20-9-5-6-10-22(20)28;3-1(4)2(5)6/h2-12,15H,13-14,16-17H2,1H3,(H2-,29,30,32,33);(H,3,4)(H,5,6)/p+1. The molecule has 1 unspecified atom stereocenters. The first-order valence-electron chi connectivity index (χ1n) is 11.8. The lowest BCUT2D eigenvalue weighted by atomic mass is 9.99. The Morgan fingerprint density at radius 2 is 1.45 bits per heavy atom. The highest BCUT2D eigenvalue weighted by Crippen LogP contribution is 2.32. The summed E-state index contributed by atoms with van der Waals surface area (Å²) in [5.41, 5.74) is 7.61. The van der Waals surface area contributed by atoms with Crippen LogP contribution in [0, 0.1) is 0 Å². The van der Waals surface area contributed by atoms with E-state index in [1.54, 1.807) is 42.5 Å². The summed E-state index contributed by atoms with van der Waals surface area (Å²) in [4.78, 5) is 55.6. The van der Waals surface area contributed by atoms with Gasteiger partial charge in [-0.3, -0.25) is 18.9 Å². The number of carbonyl (C=O) groups is 5. The molecular weight excluding hydrogens is 561 g/mol. The Hall–Kier alpha value is -4.25. The molecule has 0 saturated heterocycles. The Morgan fingerprint density at radius 1 is 0.850 bits per heavy atom. The monoisotopic (exact) mass is 588 g/mol. The third-order valence-electron chi connectivity index (χ3n) is 5.78. The molecule has 3 rings (SSSR count). The second-order valence-electron chi connectivity index (χ2n) is 8.84. The maximum atomic E-state index is 13.5. The zero-order valence-electron chi connectivity index (χ0n) is 21.5. The number of quaternary nitrogens is 1. The van der Waals surface area contributed by atoms with Crippen molar-refractivity contribution in [2.75, 3.05) is 26.7 Å². The summed E-state index contributed by atoms with van der Waals surface area (Å²) in [6.45, 7) is 0.243. The zero-order chi connectivity index (χ0) is 29.9. The highest BCUT2D eigenvalue weighted by atomic mass is 35.5. The number of ketones is 1. The van der Waals surface area contributed by atoms with E-state index in [0.717, 1.165) is 5.56 Å². The van der Waals surface area contributed by atoms with E-state index in [4.69, 9.17) is 48.7 Å². The number of carbonyl (C=O) groups excluding carboxylic acids is 3. The van der Waals surface area contributed by atoms with E-state index in [2.05, 4.69) is 5.32 Å². The molecule has 0 heterocycles. The largest absolute Gasteiger partial charge is 0.473 e. The lowest BCUT2D eigenvalue weighted by Gasteiger charge is -2.35. The third-order valence-corrected chi connectivity index (χ3v) is 6.34. The molecule has 0 saturated carbocycles. The van der Waals surface area contributed by atoms with E-state index in [0.29, 0.717) is 39.8 Å². The van der Waals surface area contributed by atoms with Crippen LogP contribution >= 0.6 is 23.2 Å². The molecule has 0 spiro atoms. The number of benzene rings is 3. The average Bonchev–Trinajstić information content (AvgIpc) is 2.91. The minimum Gasteiger partial charge on any atom is -0.473 e. The molecule has 0 aromatic heterocycles. The maximum absolute atomic E-state index is 13.5. The van der Waals surface area contributed by atoms with Gasteiger partial charge in [0.1, 0.15) is 5.69 Å². The second kappa shape index (κ2) is 14.8. The number of rotatable bonds is 10. The minimum absolute atomic E-state index is 0.00938. The van der Waals surface area contributed by atoms with Crippen LogP contribution in [0.4, 0.5) is 5.69 Å². The Bertz CT molecular complexity index is 1390. The molecule has 0 aliphatic carbocycles. The van der Waals surface area contributed by atoms with Gasteiger partial charge in [0.15, 0.2) is 6.54 Å². The fraction of sp³-hybridized carbons (Fsp3) is 0.179. The van der Waals surface area contributed by atoms with Crippen LogP contribution in [0.5, 0.6) is 0 Å². The van der Waals surface area contributed by atoms with Crippen LogP contribution in [0.3, 0.4) is 0 Å². The first kappa shape index (κ1) is 32.0. The molecular formula is C28H28Cl2N3O7+. The molecule has 3 aromatic carbocycles. The molecule has 40 heavy (non-hydrogen) atoms. The van der Waals surface area contributed by atoms with Gasteiger partial charge in [-0.1, -0.05) is 65.7 Å². The number of primary amides is 1. The number of halogens is 2. The van der Waals surface area contributed by atoms with Gasteiger partial charge in [0.2, 0.25) is 11.7 Å². The number of hydrogen-bond acceptors (Lipinski definition) is 5. The van der Waals surface area contributed by atoms with E-state index in [-0.39, 0.29) is 29.3 Å². The first-order valence-corrected chi connectivity index (χ1v) is 12.6. The third kappa shape index (κ3) is 9.49. The molecule has 12 heteroatoms. The van der Waals surface area contributed by atoms with Crippen LogP contribution < -0.4 is 15.5 Å². The van der Waals surface area contributed by atoms with Crippen LogP contribution in [-0.4, -0.2) is 66.4 Å². The van der Waals surface area contributed by atoms with Crippen LogP contribution in [0.15, 0.2) is 72.8 Å². The number of nitrogens with zero attached hydrogens (tertiary/aromatic N) is 1. The summed E-state index contributed by atoms with van der Waals surface area (Å²) in [6, 6.07) is 21.7. The van der Waals surface area contributed by atoms with Crippen molar-refractivity contribution in [2.24, 2.45) is 5.73 Å². The number of carboxylic acid groups (broad SMARTS) is 2. The lowest BCUT2D eigenvalue weighted by Crippen LogP contribution is -2.54. The van der Waals surface area contributed by atoms with Gasteiger partial charge in [-0.15, -0.1) is 0 Å². The van der Waals surface area contributed by atoms with Gasteiger partial charge < -0.3 is 21.3 Å². The van der Waals surface area contributed by atoms with Gasteiger partial charge in [-0.25, -0.2) is 9.59 Å². The number of carboxylic acids is 2. The van der Waals surface area contributed by atoms with E-state index in [1.165, 1.54) is 0 Å². The van der Waals surface area contributed by atoms with Crippen LogP contribution in [0.25, 0.3) is 0 Å². The lowest BCUT2D eigenvalue weighted by molar-refractivity contribution is -0.159. The number of nitrogens with one attached hydrogen (secondary N) is 1. The highest BCUT2D eigenvalue weighted by Gasteiger charge is 2.33. The molecule has 5 N–H and O–H groups in total. The predicted molar refractivity (Wildman–Crippen MR) is 151 cm³/mol. The van der Waals surface area contributed by atoms with Gasteiger partial charge in [0, 0.05) is 23.1 Å². The molecule has 0 fully saturated rings. The highest BCUT2D eigenvalue weighted by molar-refractivity contribution is 6.35. The smallest absolute Gasteiger partial charge is 0.414 e. The fourth-order valence-corrected chi connectivity index (χ4v) is 4.21. The summed E-state index contributed by atoms with van der Waals surface area (Å²) in [7, 11) is 1.87. The Balaban J connectivity index is 0.000000840. The number of hydrogen-bond donors (Lipinski definition) is 4. The van der Waals surface area contributed by atoms with Gasteiger partial charge in [-0.05, 0) is 29.8 Å². The normalized spacial score (nSPS) is 11.8. The van der Waals surface area contributed by atoms with Crippen molar-refractivity contribution in [3.05, 3.63) is 99.5 Å². The molecule has 0 bridgehead atoms. The van der Waals surface area contributed by atoms with E-state index >= 15 is 0 Å². The number of amides is 2. The van der Waals surface area contributed by atoms with Crippen molar-refractivity contribution >= 4 is 58.4 Å². The SMILES string of the molecule is C[N+](CCc1ccccc1)(CC(=O)NCC(N)=O)c1ccc(Cl)cc1C(=O)c1ccccc1Cl.O=C(O)C(=O)O. The van der Waals surface area contributed by atoms with Crippen molar-refractivity contribution in [1.82, 2.24) is 9.80 Å². The zero-order valence-corrected chi connectivity index (χ0v) is 23.0. The van der Waals surface area contributed by atoms with Gasteiger partial charge >= 0.3 is 11.9 Å². The summed E-state index contributed by atoms with van der Waals surface area (Å²) in [5.74, 6) is -4.93. The van der Waals surface area contributed by atoms with E-state index < -0.39 is 17.8 Å². The Labute approximate surface area is 240 Å². The van der Waals surface area contributed by atoms with Crippen LogP contribution in [0.2, 0.25) is 10.0 Å². The molecule has 210 valence electrons. The molecule has 0 aliphatic rings. The fourth-order valence-electron chi connectivity index (χ4n) is 3.82. The molecule has 0 radical (unpaired) electrons. The molecule has 10 nitrogen and oxygen atoms in total. The summed E-state index contributed by atoms with van der Waals surface area (Å²) < 4.78 is 0.0994. The van der Waals surface area contributed by atoms with E-state index in [9.17, 15) is 14.4 Å². The maximum Gasteiger partial charge on any atom is 0.414 e. The van der Waals surface area contributed by atoms with Crippen LogP contribution in [0.1, 0.15) is 21.5 Å². The molecule has 2 amide bonds. The van der Waals surface area contributed by atoms with Crippen molar-refractivity contribution in [2.45, 2.75) is 6.42 Å². The molecule has 3 aromatic rings. The summed E-state index contributed by atoms with van der Waals surface area (Å²) in [6.07, 6.45) is 0.656. The number of nitrogens with two attached hydrogens (primary N) is 1. The number of likely N-dealkylation sites (N-methyl/N-ethyl adjacent to an activating group) is 1. The topological polar surface area (TPSA) is 164 Å².